The molecule has 1 aromatic heterocycles. The molecular formula is C17H21N3O3S. The van der Waals surface area contributed by atoms with E-state index in [0.717, 1.165) is 4.70 Å². The van der Waals surface area contributed by atoms with E-state index in [4.69, 9.17) is 0 Å². The van der Waals surface area contributed by atoms with Crippen LogP contribution < -0.4 is 0 Å². The van der Waals surface area contributed by atoms with Gasteiger partial charge in [0.2, 0.25) is 5.91 Å². The lowest BCUT2D eigenvalue weighted by molar-refractivity contribution is -0.140. The second kappa shape index (κ2) is 6.05. The second-order valence-corrected chi connectivity index (χ2v) is 8.04. The predicted molar refractivity (Wildman–Crippen MR) is 93.2 cm³/mol. The van der Waals surface area contributed by atoms with Crippen molar-refractivity contribution in [2.24, 2.45) is 5.41 Å². The SMILES string of the molecule is CC(C)(C)C(=O)N1CCN(C(=O)c2nc3ccc(O)cc3s2)CC1. The first kappa shape index (κ1) is 16.7. The van der Waals surface area contributed by atoms with E-state index in [0.29, 0.717) is 36.7 Å². The number of carbonyl (C=O) groups is 2. The maximum absolute atomic E-state index is 12.6. The highest BCUT2D eigenvalue weighted by molar-refractivity contribution is 7.20. The fourth-order valence-electron chi connectivity index (χ4n) is 2.73. The largest absolute Gasteiger partial charge is 0.508 e. The Morgan fingerprint density at radius 3 is 2.38 bits per heavy atom. The number of aromatic hydroxyl groups is 1. The molecule has 3 rings (SSSR count). The number of phenols is 1. The molecule has 1 aliphatic heterocycles. The monoisotopic (exact) mass is 347 g/mol. The number of rotatable bonds is 1. The quantitative estimate of drug-likeness (QED) is 0.859. The minimum absolute atomic E-state index is 0.112. The van der Waals surface area contributed by atoms with Crippen LogP contribution in [0.2, 0.25) is 0 Å². The van der Waals surface area contributed by atoms with Gasteiger partial charge in [0.05, 0.1) is 10.2 Å². The highest BCUT2D eigenvalue weighted by Crippen LogP contribution is 2.27. The molecule has 2 amide bonds. The number of nitrogens with zero attached hydrogens (tertiary/aromatic N) is 3. The highest BCUT2D eigenvalue weighted by atomic mass is 32.1. The minimum Gasteiger partial charge on any atom is -0.508 e. The molecule has 128 valence electrons. The van der Waals surface area contributed by atoms with Gasteiger partial charge in [0.25, 0.3) is 5.91 Å². The Bertz CT molecular complexity index is 786. The Balaban J connectivity index is 1.69. The molecule has 6 nitrogen and oxygen atoms in total. The van der Waals surface area contributed by atoms with Crippen molar-refractivity contribution in [3.63, 3.8) is 0 Å². The van der Waals surface area contributed by atoms with E-state index in [1.54, 1.807) is 23.1 Å². The Morgan fingerprint density at radius 1 is 1.12 bits per heavy atom. The zero-order chi connectivity index (χ0) is 17.5. The smallest absolute Gasteiger partial charge is 0.282 e. The van der Waals surface area contributed by atoms with Crippen molar-refractivity contribution in [2.45, 2.75) is 20.8 Å². The number of fused-ring (bicyclic) bond motifs is 1. The number of carbonyl (C=O) groups excluding carboxylic acids is 2. The summed E-state index contributed by atoms with van der Waals surface area (Å²) in [5.74, 6) is 0.170. The molecule has 2 heterocycles. The van der Waals surface area contributed by atoms with Gasteiger partial charge in [-0.05, 0) is 18.2 Å². The van der Waals surface area contributed by atoms with E-state index in [2.05, 4.69) is 4.98 Å². The summed E-state index contributed by atoms with van der Waals surface area (Å²) in [7, 11) is 0. The Labute approximate surface area is 144 Å². The predicted octanol–water partition coefficient (Wildman–Crippen LogP) is 2.33. The molecule has 7 heteroatoms. The molecular weight excluding hydrogens is 326 g/mol. The third kappa shape index (κ3) is 3.21. The van der Waals surface area contributed by atoms with Gasteiger partial charge in [-0.2, -0.15) is 0 Å². The molecule has 0 aliphatic carbocycles. The van der Waals surface area contributed by atoms with Crippen molar-refractivity contribution < 1.29 is 14.7 Å². The summed E-state index contributed by atoms with van der Waals surface area (Å²) >= 11 is 1.28. The van der Waals surface area contributed by atoms with Crippen LogP contribution in [0.25, 0.3) is 10.2 Å². The zero-order valence-corrected chi connectivity index (χ0v) is 14.9. The fourth-order valence-corrected chi connectivity index (χ4v) is 3.69. The molecule has 1 fully saturated rings. The number of aromatic nitrogens is 1. The summed E-state index contributed by atoms with van der Waals surface area (Å²) in [6, 6.07) is 4.88. The molecule has 0 saturated carbocycles. The van der Waals surface area contributed by atoms with Crippen molar-refractivity contribution in [1.29, 1.82) is 0 Å². The molecule has 2 aromatic rings. The van der Waals surface area contributed by atoms with Gasteiger partial charge in [-0.3, -0.25) is 9.59 Å². The van der Waals surface area contributed by atoms with Gasteiger partial charge in [-0.25, -0.2) is 4.98 Å². The van der Waals surface area contributed by atoms with E-state index in [9.17, 15) is 14.7 Å². The first-order chi connectivity index (χ1) is 11.3. The zero-order valence-electron chi connectivity index (χ0n) is 14.1. The van der Waals surface area contributed by atoms with Crippen LogP contribution in [0.4, 0.5) is 0 Å². The summed E-state index contributed by atoms with van der Waals surface area (Å²) in [5.41, 5.74) is 0.309. The first-order valence-electron chi connectivity index (χ1n) is 7.94. The second-order valence-electron chi connectivity index (χ2n) is 7.01. The van der Waals surface area contributed by atoms with Crippen molar-refractivity contribution in [2.75, 3.05) is 26.2 Å². The first-order valence-corrected chi connectivity index (χ1v) is 8.75. The van der Waals surface area contributed by atoms with Crippen LogP contribution in [0.3, 0.4) is 0 Å². The Morgan fingerprint density at radius 2 is 1.75 bits per heavy atom. The van der Waals surface area contributed by atoms with Crippen LogP contribution in [0, 0.1) is 5.41 Å². The number of piperazine rings is 1. The lowest BCUT2D eigenvalue weighted by Gasteiger charge is -2.37. The third-order valence-corrected chi connectivity index (χ3v) is 5.06. The average molecular weight is 347 g/mol. The van der Waals surface area contributed by atoms with Crippen LogP contribution in [0.1, 0.15) is 30.6 Å². The van der Waals surface area contributed by atoms with Crippen LogP contribution in [-0.2, 0) is 4.79 Å². The standard InChI is InChI=1S/C17H21N3O3S/c1-17(2,3)16(23)20-8-6-19(7-9-20)15(22)14-18-12-5-4-11(21)10-13(12)24-14/h4-5,10,21H,6-9H2,1-3H3. The van der Waals surface area contributed by atoms with Gasteiger partial charge in [0, 0.05) is 31.6 Å². The summed E-state index contributed by atoms with van der Waals surface area (Å²) in [4.78, 5) is 32.9. The van der Waals surface area contributed by atoms with Gasteiger partial charge in [0.1, 0.15) is 5.75 Å². The number of hydrogen-bond donors (Lipinski definition) is 1. The highest BCUT2D eigenvalue weighted by Gasteiger charge is 2.31. The fraction of sp³-hybridized carbons (Fsp3) is 0.471. The summed E-state index contributed by atoms with van der Waals surface area (Å²) in [5, 5.41) is 9.94. The number of phenolic OH excluding ortho intramolecular Hbond substituents is 1. The molecule has 0 unspecified atom stereocenters. The summed E-state index contributed by atoms with van der Waals surface area (Å²) < 4.78 is 0.792. The van der Waals surface area contributed by atoms with Crippen LogP contribution in [0.5, 0.6) is 5.75 Å². The van der Waals surface area contributed by atoms with E-state index in [1.165, 1.54) is 11.3 Å². The normalized spacial score (nSPS) is 15.8. The lowest BCUT2D eigenvalue weighted by atomic mass is 9.94. The van der Waals surface area contributed by atoms with Crippen molar-refractivity contribution >= 4 is 33.4 Å². The molecule has 0 atom stereocenters. The van der Waals surface area contributed by atoms with Gasteiger partial charge >= 0.3 is 0 Å². The molecule has 24 heavy (non-hydrogen) atoms. The van der Waals surface area contributed by atoms with Crippen molar-refractivity contribution in [1.82, 2.24) is 14.8 Å². The van der Waals surface area contributed by atoms with E-state index in [-0.39, 0.29) is 17.6 Å². The molecule has 1 saturated heterocycles. The van der Waals surface area contributed by atoms with Gasteiger partial charge in [0.15, 0.2) is 5.01 Å². The molecule has 1 aliphatic rings. The van der Waals surface area contributed by atoms with Crippen LogP contribution in [0.15, 0.2) is 18.2 Å². The summed E-state index contributed by atoms with van der Waals surface area (Å²) in [6.07, 6.45) is 0. The van der Waals surface area contributed by atoms with Gasteiger partial charge in [-0.1, -0.05) is 20.8 Å². The van der Waals surface area contributed by atoms with Crippen molar-refractivity contribution in [3.05, 3.63) is 23.2 Å². The number of benzene rings is 1. The van der Waals surface area contributed by atoms with Gasteiger partial charge in [-0.15, -0.1) is 11.3 Å². The minimum atomic E-state index is -0.402. The average Bonchev–Trinajstić information content (AvgIpc) is 2.95. The van der Waals surface area contributed by atoms with E-state index in [1.807, 2.05) is 25.7 Å². The molecule has 1 N–H and O–H groups in total. The van der Waals surface area contributed by atoms with E-state index < -0.39 is 5.41 Å². The Kier molecular flexibility index (Phi) is 4.21. The van der Waals surface area contributed by atoms with Crippen molar-refractivity contribution in [3.8, 4) is 5.75 Å². The van der Waals surface area contributed by atoms with Gasteiger partial charge < -0.3 is 14.9 Å². The Hall–Kier alpha value is -2.15. The third-order valence-electron chi connectivity index (χ3n) is 4.05. The summed E-state index contributed by atoms with van der Waals surface area (Å²) in [6.45, 7) is 7.85. The maximum Gasteiger partial charge on any atom is 0.282 e. The number of amides is 2. The topological polar surface area (TPSA) is 73.7 Å². The maximum atomic E-state index is 12.6. The molecule has 0 spiro atoms. The molecule has 0 radical (unpaired) electrons. The molecule has 0 bridgehead atoms. The van der Waals surface area contributed by atoms with Crippen LogP contribution >= 0.6 is 11.3 Å². The lowest BCUT2D eigenvalue weighted by Crippen LogP contribution is -2.53. The van der Waals surface area contributed by atoms with E-state index >= 15 is 0 Å². The number of hydrogen-bond acceptors (Lipinski definition) is 5. The molecule has 1 aromatic carbocycles. The van der Waals surface area contributed by atoms with Crippen LogP contribution in [-0.4, -0.2) is 57.9 Å². The number of thiazole rings is 1.